The molecule has 4 atom stereocenters. The van der Waals surface area contributed by atoms with E-state index in [1.165, 1.54) is 76.0 Å². The number of allylic oxidation sites excluding steroid dienone is 4. The van der Waals surface area contributed by atoms with Gasteiger partial charge in [0, 0.05) is 37.7 Å². The molecule has 7 nitrogen and oxygen atoms in total. The summed E-state index contributed by atoms with van der Waals surface area (Å²) in [6.45, 7) is 4.44. The van der Waals surface area contributed by atoms with Crippen molar-refractivity contribution >= 4 is 17.3 Å². The molecule has 2 aliphatic carbocycles. The molecular weight excluding hydrogens is 616 g/mol. The van der Waals surface area contributed by atoms with Crippen molar-refractivity contribution in [2.75, 3.05) is 0 Å². The van der Waals surface area contributed by atoms with E-state index in [1.54, 1.807) is 18.2 Å². The van der Waals surface area contributed by atoms with Gasteiger partial charge in [0.2, 0.25) is 0 Å². The molecule has 0 amide bonds. The van der Waals surface area contributed by atoms with Gasteiger partial charge in [0.1, 0.15) is 17.0 Å². The predicted octanol–water partition coefficient (Wildman–Crippen LogP) is 9.04. The van der Waals surface area contributed by atoms with Crippen LogP contribution in [0.25, 0.3) is 0 Å². The highest BCUT2D eigenvalue weighted by Gasteiger charge is 2.52. The van der Waals surface area contributed by atoms with Crippen LogP contribution in [0.1, 0.15) is 168 Å². The summed E-state index contributed by atoms with van der Waals surface area (Å²) in [7, 11) is 0. The van der Waals surface area contributed by atoms with Crippen molar-refractivity contribution in [1.29, 1.82) is 0 Å². The first-order chi connectivity index (χ1) is 23.6. The molecule has 3 unspecified atom stereocenters. The Labute approximate surface area is 295 Å². The Morgan fingerprint density at radius 1 is 0.796 bits per heavy atom. The van der Waals surface area contributed by atoms with Crippen LogP contribution in [0.15, 0.2) is 47.6 Å². The molecule has 2 saturated heterocycles. The molecule has 2 heterocycles. The molecule has 4 aliphatic rings. The quantitative estimate of drug-likeness (QED) is 0.110. The molecule has 49 heavy (non-hydrogen) atoms. The molecule has 2 aliphatic heterocycles. The zero-order valence-corrected chi connectivity index (χ0v) is 30.5. The molecule has 0 aromatic rings. The second-order valence-electron chi connectivity index (χ2n) is 15.3. The third-order valence-electron chi connectivity index (χ3n) is 11.0. The van der Waals surface area contributed by atoms with Gasteiger partial charge in [0.25, 0.3) is 0 Å². The van der Waals surface area contributed by atoms with E-state index in [1.807, 2.05) is 0 Å². The monoisotopic (exact) mass is 680 g/mol. The summed E-state index contributed by atoms with van der Waals surface area (Å²) in [5.41, 5.74) is -0.435. The minimum atomic E-state index is -1.14. The fourth-order valence-electron chi connectivity index (χ4n) is 8.23. The van der Waals surface area contributed by atoms with E-state index in [9.17, 15) is 24.6 Å². The molecule has 2 spiro atoms. The van der Waals surface area contributed by atoms with Crippen LogP contribution in [0, 0.1) is 0 Å². The zero-order valence-electron chi connectivity index (χ0n) is 30.5. The van der Waals surface area contributed by atoms with Gasteiger partial charge in [0.05, 0.1) is 12.2 Å². The van der Waals surface area contributed by atoms with Crippen LogP contribution in [0.5, 0.6) is 0 Å². The molecular formula is C42H64O7. The average Bonchev–Trinajstić information content (AvgIpc) is 3.40. The number of ether oxygens (including phenoxy) is 2. The van der Waals surface area contributed by atoms with Crippen LogP contribution in [-0.4, -0.2) is 56.8 Å². The number of aliphatic hydroxyl groups is 2. The van der Waals surface area contributed by atoms with Crippen molar-refractivity contribution in [2.24, 2.45) is 0 Å². The first-order valence-corrected chi connectivity index (χ1v) is 19.8. The van der Waals surface area contributed by atoms with Gasteiger partial charge in [-0.3, -0.25) is 14.4 Å². The molecule has 0 aromatic carbocycles. The van der Waals surface area contributed by atoms with E-state index in [-0.39, 0.29) is 30.2 Å². The molecule has 0 bridgehead atoms. The van der Waals surface area contributed by atoms with E-state index >= 15 is 0 Å². The summed E-state index contributed by atoms with van der Waals surface area (Å²) < 4.78 is 12.8. The second kappa shape index (κ2) is 19.4. The van der Waals surface area contributed by atoms with Crippen LogP contribution < -0.4 is 0 Å². The van der Waals surface area contributed by atoms with E-state index < -0.39 is 29.2 Å². The van der Waals surface area contributed by atoms with Crippen molar-refractivity contribution in [1.82, 2.24) is 0 Å². The van der Waals surface area contributed by atoms with Crippen molar-refractivity contribution in [3.8, 4) is 0 Å². The molecule has 274 valence electrons. The van der Waals surface area contributed by atoms with E-state index in [2.05, 4.69) is 13.8 Å². The fraction of sp³-hybridized carbons (Fsp3) is 0.738. The standard InChI is InChI=1S/C42H64O7/c1-3-5-7-9-10-11-12-13-15-17-24-41(47)27-23-39(46)37(38(41)18-16-14-8-6-4-2)20-19-34(44)30-36-31-35(45)32-42(48-36)29-28-40(49-42)25-21-33(43)22-26-40/h21-23,25-27,35-36,45,47H,3-20,24,28-32H2,1-2H3/t35?,36?,41?,42-/m1/s1. The van der Waals surface area contributed by atoms with Gasteiger partial charge < -0.3 is 19.7 Å². The molecule has 2 N–H and O–H groups in total. The van der Waals surface area contributed by atoms with Crippen LogP contribution in [-0.2, 0) is 23.9 Å². The Kier molecular flexibility index (Phi) is 15.7. The largest absolute Gasteiger partial charge is 0.393 e. The normalized spacial score (nSPS) is 27.7. The first-order valence-electron chi connectivity index (χ1n) is 19.8. The maximum atomic E-state index is 13.4. The zero-order chi connectivity index (χ0) is 35.2. The Balaban J connectivity index is 1.33. The summed E-state index contributed by atoms with van der Waals surface area (Å²) in [4.78, 5) is 38.4. The van der Waals surface area contributed by atoms with Crippen LogP contribution in [0.4, 0.5) is 0 Å². The van der Waals surface area contributed by atoms with Gasteiger partial charge in [-0.15, -0.1) is 0 Å². The Morgan fingerprint density at radius 2 is 1.41 bits per heavy atom. The smallest absolute Gasteiger partial charge is 0.181 e. The lowest BCUT2D eigenvalue weighted by Gasteiger charge is -2.41. The summed E-state index contributed by atoms with van der Waals surface area (Å²) >= 11 is 0. The molecule has 7 heteroatoms. The van der Waals surface area contributed by atoms with E-state index in [0.29, 0.717) is 50.5 Å². The lowest BCUT2D eigenvalue weighted by Crippen LogP contribution is -2.48. The van der Waals surface area contributed by atoms with Gasteiger partial charge in [-0.05, 0) is 80.6 Å². The average molecular weight is 681 g/mol. The molecule has 0 aromatic heterocycles. The number of unbranched alkanes of at least 4 members (excludes halogenated alkanes) is 13. The van der Waals surface area contributed by atoms with E-state index in [4.69, 9.17) is 9.47 Å². The van der Waals surface area contributed by atoms with Gasteiger partial charge in [0.15, 0.2) is 17.4 Å². The Bertz CT molecular complexity index is 1210. The minimum Gasteiger partial charge on any atom is -0.393 e. The van der Waals surface area contributed by atoms with Gasteiger partial charge in [-0.1, -0.05) is 97.3 Å². The molecule has 0 radical (unpaired) electrons. The molecule has 2 fully saturated rings. The van der Waals surface area contributed by atoms with Crippen LogP contribution in [0.2, 0.25) is 0 Å². The van der Waals surface area contributed by atoms with Crippen molar-refractivity contribution in [3.63, 3.8) is 0 Å². The lowest BCUT2D eigenvalue weighted by molar-refractivity contribution is -0.290. The maximum absolute atomic E-state index is 13.4. The fourth-order valence-corrected chi connectivity index (χ4v) is 8.23. The Morgan fingerprint density at radius 3 is 2.06 bits per heavy atom. The highest BCUT2D eigenvalue weighted by atomic mass is 16.7. The summed E-state index contributed by atoms with van der Waals surface area (Å²) in [6.07, 6.45) is 30.1. The highest BCUT2D eigenvalue weighted by Crippen LogP contribution is 2.47. The SMILES string of the molecule is CCCCCCCCCCCCC1(O)C=CC(=O)C(CCC(=O)CC2CC(O)C[C@]3(CCC4(C=CC(=O)C=C4)O3)O2)=C1CCCCCCC. The molecule has 4 rings (SSSR count). The van der Waals surface area contributed by atoms with Crippen LogP contribution in [0.3, 0.4) is 0 Å². The van der Waals surface area contributed by atoms with Crippen molar-refractivity contribution in [2.45, 2.75) is 197 Å². The highest BCUT2D eigenvalue weighted by molar-refractivity contribution is 6.06. The summed E-state index contributed by atoms with van der Waals surface area (Å²) in [6, 6.07) is 0. The third kappa shape index (κ3) is 11.9. The first kappa shape index (κ1) is 39.6. The summed E-state index contributed by atoms with van der Waals surface area (Å²) in [5.74, 6) is -1.20. The Hall–Kier alpha value is -2.19. The number of rotatable bonds is 22. The molecule has 0 saturated carbocycles. The predicted molar refractivity (Wildman–Crippen MR) is 194 cm³/mol. The maximum Gasteiger partial charge on any atom is 0.181 e. The number of carbonyl (C=O) groups is 3. The number of Topliss-reactive ketones (excluding diaryl/α,β-unsaturated/α-hetero) is 1. The number of hydrogen-bond donors (Lipinski definition) is 2. The third-order valence-corrected chi connectivity index (χ3v) is 11.0. The van der Waals surface area contributed by atoms with Crippen LogP contribution >= 0.6 is 0 Å². The number of carbonyl (C=O) groups excluding carboxylic acids is 3. The second-order valence-corrected chi connectivity index (χ2v) is 15.3. The van der Waals surface area contributed by atoms with Gasteiger partial charge in [-0.2, -0.15) is 0 Å². The van der Waals surface area contributed by atoms with Crippen molar-refractivity contribution in [3.05, 3.63) is 47.6 Å². The number of aliphatic hydroxyl groups excluding tert-OH is 1. The number of ketones is 3. The van der Waals surface area contributed by atoms with Crippen molar-refractivity contribution < 1.29 is 34.1 Å². The summed E-state index contributed by atoms with van der Waals surface area (Å²) in [5, 5.41) is 22.7. The van der Waals surface area contributed by atoms with Gasteiger partial charge in [-0.25, -0.2) is 0 Å². The van der Waals surface area contributed by atoms with E-state index in [0.717, 1.165) is 44.1 Å². The number of hydrogen-bond acceptors (Lipinski definition) is 7. The minimum absolute atomic E-state index is 0.0274. The lowest BCUT2D eigenvalue weighted by atomic mass is 9.76. The topological polar surface area (TPSA) is 110 Å². The van der Waals surface area contributed by atoms with Gasteiger partial charge >= 0.3 is 0 Å².